The molecular formula is C25H26N6O7S. The monoisotopic (exact) mass is 554 g/mol. The molecule has 0 bridgehead atoms. The van der Waals surface area contributed by atoms with Gasteiger partial charge in [-0.15, -0.1) is 0 Å². The van der Waals surface area contributed by atoms with Gasteiger partial charge in [-0.1, -0.05) is 30.3 Å². The number of aliphatic hydroxyl groups excluding tert-OH is 2. The largest absolute Gasteiger partial charge is 0.459 e. The van der Waals surface area contributed by atoms with Crippen molar-refractivity contribution in [2.24, 2.45) is 0 Å². The number of sulfonamides is 1. The number of aliphatic hydroxyl groups is 2. The molecule has 1 aliphatic rings. The van der Waals surface area contributed by atoms with Crippen LogP contribution in [-0.2, 0) is 25.9 Å². The molecule has 39 heavy (non-hydrogen) atoms. The predicted octanol–water partition coefficient (Wildman–Crippen LogP) is 0.406. The second-order valence-electron chi connectivity index (χ2n) is 8.89. The van der Waals surface area contributed by atoms with Crippen LogP contribution in [0.5, 0.6) is 0 Å². The molecule has 1 aliphatic heterocycles. The lowest BCUT2D eigenvalue weighted by atomic mass is 10.1. The fourth-order valence-corrected chi connectivity index (χ4v) is 5.25. The first kappa shape index (κ1) is 26.6. The maximum atomic E-state index is 12.6. The molecule has 2 aromatic heterocycles. The highest BCUT2D eigenvalue weighted by molar-refractivity contribution is 7.89. The van der Waals surface area contributed by atoms with E-state index in [9.17, 15) is 23.4 Å². The van der Waals surface area contributed by atoms with Gasteiger partial charge in [0.1, 0.15) is 36.8 Å². The molecule has 1 unspecified atom stereocenters. The van der Waals surface area contributed by atoms with Gasteiger partial charge in [0.2, 0.25) is 10.0 Å². The minimum absolute atomic E-state index is 0.00429. The number of aromatic nitrogens is 4. The number of hydrogen-bond donors (Lipinski definition) is 4. The molecule has 0 spiro atoms. The summed E-state index contributed by atoms with van der Waals surface area (Å²) < 4.78 is 40.1. The minimum Gasteiger partial charge on any atom is -0.459 e. The van der Waals surface area contributed by atoms with Crippen LogP contribution in [0.3, 0.4) is 0 Å². The Bertz CT molecular complexity index is 1560. The lowest BCUT2D eigenvalue weighted by Crippen LogP contribution is -2.34. The molecule has 0 radical (unpaired) electrons. The molecule has 3 heterocycles. The van der Waals surface area contributed by atoms with Crippen molar-refractivity contribution in [1.29, 1.82) is 0 Å². The summed E-state index contributed by atoms with van der Waals surface area (Å²) in [7, 11) is -3.77. The van der Waals surface area contributed by atoms with Crippen LogP contribution >= 0.6 is 0 Å². The van der Waals surface area contributed by atoms with E-state index in [4.69, 9.17) is 15.2 Å². The number of nitrogens with zero attached hydrogens (tertiary/aromatic N) is 4. The molecule has 4 aromatic rings. The van der Waals surface area contributed by atoms with Crippen LogP contribution in [0.1, 0.15) is 22.1 Å². The van der Waals surface area contributed by atoms with Gasteiger partial charge in [0.15, 0.2) is 17.7 Å². The van der Waals surface area contributed by atoms with E-state index in [0.29, 0.717) is 17.6 Å². The molecule has 14 heteroatoms. The maximum absolute atomic E-state index is 12.6. The Morgan fingerprint density at radius 3 is 2.54 bits per heavy atom. The van der Waals surface area contributed by atoms with Crippen LogP contribution in [0.2, 0.25) is 0 Å². The van der Waals surface area contributed by atoms with Crippen molar-refractivity contribution < 1.29 is 32.9 Å². The number of nitrogens with one attached hydrogen (secondary N) is 1. The number of carbonyl (C=O) groups excluding carboxylic acids is 1. The van der Waals surface area contributed by atoms with Crippen LogP contribution in [0.4, 0.5) is 5.82 Å². The van der Waals surface area contributed by atoms with Gasteiger partial charge in [0, 0.05) is 6.54 Å². The summed E-state index contributed by atoms with van der Waals surface area (Å²) in [5, 5.41) is 21.0. The first-order valence-corrected chi connectivity index (χ1v) is 13.5. The Morgan fingerprint density at radius 2 is 1.79 bits per heavy atom. The van der Waals surface area contributed by atoms with Crippen molar-refractivity contribution >= 4 is 33.0 Å². The third-order valence-corrected chi connectivity index (χ3v) is 7.80. The van der Waals surface area contributed by atoms with Gasteiger partial charge < -0.3 is 25.4 Å². The summed E-state index contributed by atoms with van der Waals surface area (Å²) in [6, 6.07) is 14.8. The Kier molecular flexibility index (Phi) is 7.54. The first-order chi connectivity index (χ1) is 18.7. The molecule has 204 valence electrons. The van der Waals surface area contributed by atoms with E-state index in [1.54, 1.807) is 0 Å². The van der Waals surface area contributed by atoms with Crippen LogP contribution in [0.15, 0.2) is 72.1 Å². The average molecular weight is 555 g/mol. The molecule has 2 aromatic carbocycles. The number of nitrogens with two attached hydrogens (primary N) is 1. The third kappa shape index (κ3) is 5.60. The molecule has 5 rings (SSSR count). The van der Waals surface area contributed by atoms with Crippen LogP contribution in [0, 0.1) is 0 Å². The van der Waals surface area contributed by atoms with Crippen molar-refractivity contribution in [2.75, 3.05) is 18.9 Å². The lowest BCUT2D eigenvalue weighted by Gasteiger charge is -2.16. The Labute approximate surface area is 223 Å². The molecule has 0 amide bonds. The summed E-state index contributed by atoms with van der Waals surface area (Å²) >= 11 is 0. The molecule has 13 nitrogen and oxygen atoms in total. The number of benzene rings is 2. The highest BCUT2D eigenvalue weighted by atomic mass is 32.2. The Balaban J connectivity index is 1.17. The lowest BCUT2D eigenvalue weighted by molar-refractivity contribution is -0.0565. The van der Waals surface area contributed by atoms with Gasteiger partial charge in [-0.3, -0.25) is 4.57 Å². The Hall–Kier alpha value is -3.95. The number of nitrogen functional groups attached to an aromatic ring is 1. The number of fused-ring (bicyclic) bond motifs is 1. The van der Waals surface area contributed by atoms with E-state index >= 15 is 0 Å². The van der Waals surface area contributed by atoms with E-state index < -0.39 is 40.5 Å². The first-order valence-electron chi connectivity index (χ1n) is 12.0. The number of ether oxygens (including phenoxy) is 2. The normalized spacial score (nSPS) is 21.3. The van der Waals surface area contributed by atoms with Gasteiger partial charge in [-0.2, -0.15) is 0 Å². The highest BCUT2D eigenvalue weighted by Crippen LogP contribution is 2.32. The molecular weight excluding hydrogens is 528 g/mol. The Morgan fingerprint density at radius 1 is 1.05 bits per heavy atom. The SMILES string of the molecule is Nc1ncnc2c1ncn2C1O[C@H](COC(=O)c2ccc(S(=O)(=O)NCCc3ccccc3)cc2)[C@@H](O)[C@H]1O. The minimum atomic E-state index is -3.77. The van der Waals surface area contributed by atoms with E-state index in [0.717, 1.165) is 5.56 Å². The van der Waals surface area contributed by atoms with E-state index in [1.165, 1.54) is 41.5 Å². The molecule has 1 fully saturated rings. The standard InChI is InChI=1S/C25H26N6O7S/c26-22-19-23(28-13-27-22)31(14-29-19)24-21(33)20(32)18(38-24)12-37-25(34)16-6-8-17(9-7-16)39(35,36)30-11-10-15-4-2-1-3-5-15/h1-9,13-14,18,20-21,24,30,32-33H,10-12H2,(H2,26,27,28)/t18-,20-,21-,24?/m1/s1. The molecule has 0 saturated carbocycles. The van der Waals surface area contributed by atoms with Crippen molar-refractivity contribution in [3.05, 3.63) is 78.4 Å². The summed E-state index contributed by atoms with van der Waals surface area (Å²) in [4.78, 5) is 24.7. The van der Waals surface area contributed by atoms with Crippen molar-refractivity contribution in [2.45, 2.75) is 35.9 Å². The van der Waals surface area contributed by atoms with Gasteiger partial charge in [-0.25, -0.2) is 32.9 Å². The van der Waals surface area contributed by atoms with E-state index in [2.05, 4.69) is 19.7 Å². The fraction of sp³-hybridized carbons (Fsp3) is 0.280. The van der Waals surface area contributed by atoms with Crippen molar-refractivity contribution in [3.63, 3.8) is 0 Å². The highest BCUT2D eigenvalue weighted by Gasteiger charge is 2.45. The second-order valence-corrected chi connectivity index (χ2v) is 10.7. The van der Waals surface area contributed by atoms with Crippen molar-refractivity contribution in [1.82, 2.24) is 24.2 Å². The van der Waals surface area contributed by atoms with Gasteiger partial charge in [0.05, 0.1) is 16.8 Å². The predicted molar refractivity (Wildman–Crippen MR) is 138 cm³/mol. The summed E-state index contributed by atoms with van der Waals surface area (Å²) in [6.45, 7) is -0.139. The van der Waals surface area contributed by atoms with Crippen molar-refractivity contribution in [3.8, 4) is 0 Å². The van der Waals surface area contributed by atoms with Crippen LogP contribution in [-0.4, -0.2) is 75.6 Å². The molecule has 0 aliphatic carbocycles. The molecule has 1 saturated heterocycles. The number of anilines is 1. The maximum Gasteiger partial charge on any atom is 0.338 e. The van der Waals surface area contributed by atoms with Crippen LogP contribution < -0.4 is 10.5 Å². The van der Waals surface area contributed by atoms with E-state index in [-0.39, 0.29) is 29.4 Å². The quantitative estimate of drug-likeness (QED) is 0.209. The second kappa shape index (κ2) is 11.0. The topological polar surface area (TPSA) is 192 Å². The summed E-state index contributed by atoms with van der Waals surface area (Å²) in [5.41, 5.74) is 7.53. The number of rotatable bonds is 9. The fourth-order valence-electron chi connectivity index (χ4n) is 4.22. The summed E-state index contributed by atoms with van der Waals surface area (Å²) in [6.07, 6.45) is -1.69. The zero-order valence-electron chi connectivity index (χ0n) is 20.5. The number of esters is 1. The van der Waals surface area contributed by atoms with Crippen LogP contribution in [0.25, 0.3) is 11.2 Å². The molecule has 5 N–H and O–H groups in total. The number of hydrogen-bond acceptors (Lipinski definition) is 11. The average Bonchev–Trinajstić information content (AvgIpc) is 3.49. The smallest absolute Gasteiger partial charge is 0.338 e. The van der Waals surface area contributed by atoms with E-state index in [1.807, 2.05) is 30.3 Å². The van der Waals surface area contributed by atoms with Gasteiger partial charge in [-0.05, 0) is 36.2 Å². The van der Waals surface area contributed by atoms with Gasteiger partial charge in [0.25, 0.3) is 0 Å². The zero-order valence-corrected chi connectivity index (χ0v) is 21.3. The summed E-state index contributed by atoms with van der Waals surface area (Å²) in [5.74, 6) is -0.600. The van der Waals surface area contributed by atoms with Gasteiger partial charge >= 0.3 is 5.97 Å². The molecule has 4 atom stereocenters. The number of imidazole rings is 1. The zero-order chi connectivity index (χ0) is 27.6. The third-order valence-electron chi connectivity index (χ3n) is 6.33. The number of carbonyl (C=O) groups is 1.